The van der Waals surface area contributed by atoms with Crippen LogP contribution < -0.4 is 10.2 Å². The number of anilines is 1. The van der Waals surface area contributed by atoms with Crippen LogP contribution >= 0.6 is 0 Å². The first-order valence-corrected chi connectivity index (χ1v) is 9.25. The lowest BCUT2D eigenvalue weighted by Gasteiger charge is -2.36. The summed E-state index contributed by atoms with van der Waals surface area (Å²) in [4.78, 5) is 37.5. The molecule has 2 aromatic rings. The van der Waals surface area contributed by atoms with E-state index in [2.05, 4.69) is 20.2 Å². The number of benzene rings is 1. The highest BCUT2D eigenvalue weighted by Crippen LogP contribution is 2.28. The lowest BCUT2D eigenvalue weighted by molar-refractivity contribution is -0.132. The van der Waals surface area contributed by atoms with Crippen LogP contribution in [0.4, 0.5) is 5.82 Å². The molecule has 0 unspecified atom stereocenters. The molecule has 0 saturated carbocycles. The van der Waals surface area contributed by atoms with Gasteiger partial charge in [0.2, 0.25) is 5.91 Å². The molecule has 1 atom stereocenters. The molecule has 1 aromatic carbocycles. The lowest BCUT2D eigenvalue weighted by Crippen LogP contribution is -2.49. The van der Waals surface area contributed by atoms with Crippen LogP contribution in [0.5, 0.6) is 0 Å². The normalized spacial score (nSPS) is 19.0. The van der Waals surface area contributed by atoms with E-state index in [1.165, 1.54) is 0 Å². The maximum atomic E-state index is 12.8. The van der Waals surface area contributed by atoms with Crippen molar-refractivity contribution in [3.63, 3.8) is 0 Å². The molecule has 2 amide bonds. The molecule has 0 spiro atoms. The fourth-order valence-corrected chi connectivity index (χ4v) is 3.80. The molecule has 0 bridgehead atoms. The van der Waals surface area contributed by atoms with Gasteiger partial charge in [0.15, 0.2) is 0 Å². The second-order valence-corrected chi connectivity index (χ2v) is 7.09. The van der Waals surface area contributed by atoms with Crippen molar-refractivity contribution in [3.05, 3.63) is 53.0 Å². The van der Waals surface area contributed by atoms with Gasteiger partial charge in [-0.05, 0) is 25.5 Å². The van der Waals surface area contributed by atoms with E-state index < -0.39 is 0 Å². The third-order valence-corrected chi connectivity index (χ3v) is 5.51. The first-order valence-electron chi connectivity index (χ1n) is 9.25. The van der Waals surface area contributed by atoms with E-state index in [1.54, 1.807) is 12.4 Å². The summed E-state index contributed by atoms with van der Waals surface area (Å²) in [5.74, 6) is 0.932. The molecule has 7 nitrogen and oxygen atoms in total. The number of fused-ring (bicyclic) bond motifs is 1. The Labute approximate surface area is 158 Å². The Morgan fingerprint density at radius 2 is 1.89 bits per heavy atom. The number of rotatable bonds is 3. The number of carbonyl (C=O) groups is 2. The van der Waals surface area contributed by atoms with Crippen molar-refractivity contribution >= 4 is 17.6 Å². The fraction of sp³-hybridized carbons (Fsp3) is 0.400. The van der Waals surface area contributed by atoms with Crippen molar-refractivity contribution in [1.82, 2.24) is 20.2 Å². The van der Waals surface area contributed by atoms with Crippen LogP contribution in [0.3, 0.4) is 0 Å². The first-order chi connectivity index (χ1) is 13.0. The molecule has 2 aliphatic rings. The van der Waals surface area contributed by atoms with Crippen LogP contribution in [-0.4, -0.2) is 52.9 Å². The lowest BCUT2D eigenvalue weighted by atomic mass is 10.0. The predicted molar refractivity (Wildman–Crippen MR) is 102 cm³/mol. The molecule has 4 rings (SSSR count). The topological polar surface area (TPSA) is 78.4 Å². The second kappa shape index (κ2) is 6.98. The number of carbonyl (C=O) groups excluding carboxylic acids is 2. The van der Waals surface area contributed by atoms with Crippen LogP contribution in [-0.2, 0) is 4.79 Å². The van der Waals surface area contributed by atoms with Crippen LogP contribution in [0.2, 0.25) is 0 Å². The van der Waals surface area contributed by atoms with E-state index in [9.17, 15) is 9.59 Å². The van der Waals surface area contributed by atoms with E-state index in [0.29, 0.717) is 25.1 Å². The minimum Gasteiger partial charge on any atom is -0.353 e. The van der Waals surface area contributed by atoms with E-state index in [-0.39, 0.29) is 17.9 Å². The highest BCUT2D eigenvalue weighted by Gasteiger charge is 2.32. The fourth-order valence-electron chi connectivity index (χ4n) is 3.80. The summed E-state index contributed by atoms with van der Waals surface area (Å²) in [6.45, 7) is 6.82. The third kappa shape index (κ3) is 3.25. The van der Waals surface area contributed by atoms with E-state index in [4.69, 9.17) is 0 Å². The Hall–Kier alpha value is -2.96. The predicted octanol–water partition coefficient (Wildman–Crippen LogP) is 1.62. The first kappa shape index (κ1) is 17.5. The molecule has 1 aromatic heterocycles. The summed E-state index contributed by atoms with van der Waals surface area (Å²) in [6, 6.07) is 7.24. The molecule has 140 valence electrons. The largest absolute Gasteiger partial charge is 0.353 e. The number of piperazine rings is 1. The molecule has 7 heteroatoms. The maximum absolute atomic E-state index is 12.8. The zero-order chi connectivity index (χ0) is 19.0. The van der Waals surface area contributed by atoms with Crippen molar-refractivity contribution in [2.24, 2.45) is 0 Å². The molecule has 3 heterocycles. The zero-order valence-electron chi connectivity index (χ0n) is 15.6. The van der Waals surface area contributed by atoms with Crippen LogP contribution in [0.1, 0.15) is 39.6 Å². The van der Waals surface area contributed by atoms with E-state index in [0.717, 1.165) is 35.7 Å². The zero-order valence-corrected chi connectivity index (χ0v) is 15.6. The number of hydrogen-bond acceptors (Lipinski definition) is 5. The Balaban J connectivity index is 1.38. The van der Waals surface area contributed by atoms with Gasteiger partial charge < -0.3 is 15.1 Å². The molecule has 1 saturated heterocycles. The molecule has 1 fully saturated rings. The van der Waals surface area contributed by atoms with Crippen molar-refractivity contribution < 1.29 is 9.59 Å². The highest BCUT2D eigenvalue weighted by molar-refractivity contribution is 5.99. The number of aryl methyl sites for hydroxylation is 1. The number of amides is 2. The maximum Gasteiger partial charge on any atom is 0.252 e. The summed E-state index contributed by atoms with van der Waals surface area (Å²) in [5.41, 5.74) is 3.66. The van der Waals surface area contributed by atoms with Gasteiger partial charge in [-0.15, -0.1) is 0 Å². The summed E-state index contributed by atoms with van der Waals surface area (Å²) in [7, 11) is 0. The molecule has 1 N–H and O–H groups in total. The van der Waals surface area contributed by atoms with Crippen LogP contribution in [0.15, 0.2) is 30.6 Å². The smallest absolute Gasteiger partial charge is 0.252 e. The van der Waals surface area contributed by atoms with Crippen molar-refractivity contribution in [2.75, 3.05) is 31.1 Å². The number of hydrogen-bond donors (Lipinski definition) is 1. The Kier molecular flexibility index (Phi) is 4.51. The minimum atomic E-state index is -0.231. The van der Waals surface area contributed by atoms with Crippen LogP contribution in [0, 0.1) is 13.8 Å². The molecule has 27 heavy (non-hydrogen) atoms. The van der Waals surface area contributed by atoms with E-state index in [1.807, 2.05) is 36.9 Å². The number of nitrogens with zero attached hydrogens (tertiary/aromatic N) is 4. The highest BCUT2D eigenvalue weighted by atomic mass is 16.2. The number of aromatic nitrogens is 2. The van der Waals surface area contributed by atoms with E-state index >= 15 is 0 Å². The quantitative estimate of drug-likeness (QED) is 0.894. The molecule has 0 aliphatic carbocycles. The van der Waals surface area contributed by atoms with Gasteiger partial charge in [0.25, 0.3) is 5.91 Å². The Morgan fingerprint density at radius 3 is 2.67 bits per heavy atom. The molecule has 0 radical (unpaired) electrons. The van der Waals surface area contributed by atoms with Gasteiger partial charge in [-0.3, -0.25) is 9.59 Å². The number of nitrogens with one attached hydrogen (secondary N) is 1. The average Bonchev–Trinajstić information content (AvgIpc) is 3.00. The average molecular weight is 365 g/mol. The van der Waals surface area contributed by atoms with Gasteiger partial charge in [0, 0.05) is 43.0 Å². The van der Waals surface area contributed by atoms with Crippen LogP contribution in [0.25, 0.3) is 0 Å². The van der Waals surface area contributed by atoms with Gasteiger partial charge in [0.1, 0.15) is 12.1 Å². The summed E-state index contributed by atoms with van der Waals surface area (Å²) in [5, 5.41) is 2.92. The second-order valence-electron chi connectivity index (χ2n) is 7.09. The molecule has 2 aliphatic heterocycles. The Morgan fingerprint density at radius 1 is 1.15 bits per heavy atom. The van der Waals surface area contributed by atoms with Crippen molar-refractivity contribution in [2.45, 2.75) is 26.3 Å². The standard InChI is InChI=1S/C20H23N5O2/c1-13-14(2)21-12-22-19(13)25-9-7-24(8-10-25)18(26)11-17-15-5-3-4-6-16(15)20(27)23-17/h3-6,12,17H,7-11H2,1-2H3,(H,23,27)/t17-/m0/s1. The summed E-state index contributed by atoms with van der Waals surface area (Å²) < 4.78 is 0. The summed E-state index contributed by atoms with van der Waals surface area (Å²) in [6.07, 6.45) is 1.89. The molecular formula is C20H23N5O2. The minimum absolute atomic E-state index is 0.0762. The van der Waals surface area contributed by atoms with Gasteiger partial charge in [-0.25, -0.2) is 9.97 Å². The Bertz CT molecular complexity index is 890. The van der Waals surface area contributed by atoms with Gasteiger partial charge in [-0.2, -0.15) is 0 Å². The van der Waals surface area contributed by atoms with Gasteiger partial charge >= 0.3 is 0 Å². The van der Waals surface area contributed by atoms with Crippen molar-refractivity contribution in [1.29, 1.82) is 0 Å². The molecular weight excluding hydrogens is 342 g/mol. The van der Waals surface area contributed by atoms with Gasteiger partial charge in [-0.1, -0.05) is 18.2 Å². The SMILES string of the molecule is Cc1ncnc(N2CCN(C(=O)C[C@@H]3NC(=O)c4ccccc43)CC2)c1C. The monoisotopic (exact) mass is 365 g/mol. The third-order valence-electron chi connectivity index (χ3n) is 5.51. The van der Waals surface area contributed by atoms with Gasteiger partial charge in [0.05, 0.1) is 12.5 Å². The van der Waals surface area contributed by atoms with Crippen molar-refractivity contribution in [3.8, 4) is 0 Å². The summed E-state index contributed by atoms with van der Waals surface area (Å²) >= 11 is 0.